The lowest BCUT2D eigenvalue weighted by molar-refractivity contribution is 0.470. The summed E-state index contributed by atoms with van der Waals surface area (Å²) in [6, 6.07) is 6.58. The molecule has 0 spiro atoms. The molecule has 0 aliphatic carbocycles. The van der Waals surface area contributed by atoms with E-state index < -0.39 is 10.0 Å². The predicted molar refractivity (Wildman–Crippen MR) is 79.0 cm³/mol. The van der Waals surface area contributed by atoms with E-state index >= 15 is 0 Å². The zero-order chi connectivity index (χ0) is 14.8. The fourth-order valence-corrected chi connectivity index (χ4v) is 3.64. The molecule has 2 aromatic rings. The Hall–Kier alpha value is -1.38. The Balaban J connectivity index is 2.30. The average Bonchev–Trinajstić information content (AvgIpc) is 2.71. The van der Waals surface area contributed by atoms with Crippen molar-refractivity contribution in [1.29, 1.82) is 0 Å². The molecule has 108 valence electrons. The van der Waals surface area contributed by atoms with Crippen molar-refractivity contribution in [2.24, 2.45) is 0 Å². The first-order valence-corrected chi connectivity index (χ1v) is 8.09. The van der Waals surface area contributed by atoms with Crippen LogP contribution in [0.15, 0.2) is 38.2 Å². The van der Waals surface area contributed by atoms with Crippen LogP contribution in [0.25, 0.3) is 0 Å². The second kappa shape index (κ2) is 5.94. The summed E-state index contributed by atoms with van der Waals surface area (Å²) in [5.41, 5.74) is 0.729. The van der Waals surface area contributed by atoms with Crippen LogP contribution in [0.2, 0.25) is 0 Å². The highest BCUT2D eigenvalue weighted by molar-refractivity contribution is 9.10. The summed E-state index contributed by atoms with van der Waals surface area (Å²) in [5, 5.41) is 2.89. The van der Waals surface area contributed by atoms with E-state index in [0.717, 1.165) is 5.69 Å². The van der Waals surface area contributed by atoms with Gasteiger partial charge in [-0.1, -0.05) is 6.07 Å². The molecule has 0 aliphatic rings. The summed E-state index contributed by atoms with van der Waals surface area (Å²) in [5.74, 6) is 0.796. The lowest BCUT2D eigenvalue weighted by Gasteiger charge is -2.06. The molecule has 0 aliphatic heterocycles. The van der Waals surface area contributed by atoms with Gasteiger partial charge in [-0.25, -0.2) is 13.4 Å². The highest BCUT2D eigenvalue weighted by atomic mass is 79.9. The predicted octanol–water partition coefficient (Wildman–Crippen LogP) is 2.27. The Morgan fingerprint density at radius 1 is 1.40 bits per heavy atom. The Morgan fingerprint density at radius 2 is 2.15 bits per heavy atom. The number of rotatable bonds is 5. The molecular formula is C12H14BrN3O3S. The van der Waals surface area contributed by atoms with E-state index in [4.69, 9.17) is 4.42 Å². The second-order valence-electron chi connectivity index (χ2n) is 4.15. The van der Waals surface area contributed by atoms with E-state index in [2.05, 4.69) is 31.0 Å². The number of furan rings is 1. The van der Waals surface area contributed by atoms with Crippen LogP contribution in [0.4, 0.5) is 5.82 Å². The molecule has 6 nitrogen and oxygen atoms in total. The molecule has 0 bridgehead atoms. The van der Waals surface area contributed by atoms with Crippen molar-refractivity contribution in [3.05, 3.63) is 40.4 Å². The maximum atomic E-state index is 12.3. The molecule has 0 aromatic carbocycles. The number of hydrogen-bond donors (Lipinski definition) is 2. The first kappa shape index (κ1) is 15.0. The van der Waals surface area contributed by atoms with Gasteiger partial charge >= 0.3 is 0 Å². The van der Waals surface area contributed by atoms with Crippen LogP contribution < -0.4 is 10.0 Å². The number of nitrogens with one attached hydrogen (secondary N) is 2. The number of sulfonamides is 1. The van der Waals surface area contributed by atoms with Crippen molar-refractivity contribution in [1.82, 2.24) is 10.3 Å². The topological polar surface area (TPSA) is 84.2 Å². The van der Waals surface area contributed by atoms with Gasteiger partial charge in [0, 0.05) is 11.8 Å². The first-order chi connectivity index (χ1) is 9.42. The number of nitrogens with zero attached hydrogens (tertiary/aromatic N) is 1. The molecule has 0 saturated carbocycles. The molecule has 2 heterocycles. The number of halogens is 1. The fraction of sp³-hybridized carbons (Fsp3) is 0.250. The van der Waals surface area contributed by atoms with Gasteiger partial charge in [-0.05, 0) is 42.0 Å². The summed E-state index contributed by atoms with van der Waals surface area (Å²) >= 11 is 3.12. The van der Waals surface area contributed by atoms with Crippen LogP contribution in [-0.4, -0.2) is 20.4 Å². The van der Waals surface area contributed by atoms with E-state index in [0.29, 0.717) is 12.3 Å². The Bertz CT molecular complexity index is 712. The van der Waals surface area contributed by atoms with Crippen LogP contribution in [0.1, 0.15) is 11.5 Å². The lowest BCUT2D eigenvalue weighted by atomic mass is 10.4. The SMILES string of the molecule is CNCc1cc(S(=O)(=O)Nc2cccc(C)n2)c(Br)o1. The van der Waals surface area contributed by atoms with Gasteiger partial charge in [0.25, 0.3) is 10.0 Å². The van der Waals surface area contributed by atoms with Crippen molar-refractivity contribution in [2.45, 2.75) is 18.4 Å². The molecule has 0 fully saturated rings. The van der Waals surface area contributed by atoms with E-state index in [-0.39, 0.29) is 15.4 Å². The van der Waals surface area contributed by atoms with Gasteiger partial charge in [0.2, 0.25) is 0 Å². The minimum atomic E-state index is -3.74. The molecule has 2 N–H and O–H groups in total. The normalized spacial score (nSPS) is 11.6. The van der Waals surface area contributed by atoms with E-state index in [1.165, 1.54) is 6.07 Å². The summed E-state index contributed by atoms with van der Waals surface area (Å²) in [6.07, 6.45) is 0. The van der Waals surface area contributed by atoms with Crippen molar-refractivity contribution in [3.8, 4) is 0 Å². The third-order valence-electron chi connectivity index (χ3n) is 2.47. The summed E-state index contributed by atoms with van der Waals surface area (Å²) in [6.45, 7) is 2.23. The molecule has 20 heavy (non-hydrogen) atoms. The van der Waals surface area contributed by atoms with Gasteiger partial charge < -0.3 is 9.73 Å². The molecule has 8 heteroatoms. The van der Waals surface area contributed by atoms with Crippen LogP contribution in [-0.2, 0) is 16.6 Å². The monoisotopic (exact) mass is 359 g/mol. The van der Waals surface area contributed by atoms with Gasteiger partial charge in [0.05, 0.1) is 6.54 Å². The largest absolute Gasteiger partial charge is 0.451 e. The highest BCUT2D eigenvalue weighted by Gasteiger charge is 2.22. The van der Waals surface area contributed by atoms with Crippen molar-refractivity contribution in [2.75, 3.05) is 11.8 Å². The van der Waals surface area contributed by atoms with Gasteiger partial charge in [-0.15, -0.1) is 0 Å². The summed E-state index contributed by atoms with van der Waals surface area (Å²) in [7, 11) is -1.99. The Morgan fingerprint density at radius 3 is 2.80 bits per heavy atom. The Kier molecular flexibility index (Phi) is 4.46. The summed E-state index contributed by atoms with van der Waals surface area (Å²) in [4.78, 5) is 4.16. The lowest BCUT2D eigenvalue weighted by Crippen LogP contribution is -2.14. The maximum absolute atomic E-state index is 12.3. The second-order valence-corrected chi connectivity index (χ2v) is 6.52. The zero-order valence-electron chi connectivity index (χ0n) is 11.0. The van der Waals surface area contributed by atoms with Crippen LogP contribution >= 0.6 is 15.9 Å². The van der Waals surface area contributed by atoms with E-state index in [1.54, 1.807) is 32.2 Å². The minimum absolute atomic E-state index is 0.0473. The Labute approximate surface area is 125 Å². The van der Waals surface area contributed by atoms with Crippen molar-refractivity contribution in [3.63, 3.8) is 0 Å². The van der Waals surface area contributed by atoms with Crippen LogP contribution in [0.5, 0.6) is 0 Å². The molecule has 0 amide bonds. The van der Waals surface area contributed by atoms with Crippen LogP contribution in [0.3, 0.4) is 0 Å². The highest BCUT2D eigenvalue weighted by Crippen LogP contribution is 2.27. The van der Waals surface area contributed by atoms with E-state index in [1.807, 2.05) is 0 Å². The number of pyridine rings is 1. The number of aromatic nitrogens is 1. The van der Waals surface area contributed by atoms with Crippen molar-refractivity contribution >= 4 is 31.8 Å². The molecular weight excluding hydrogens is 346 g/mol. The molecule has 2 aromatic heterocycles. The molecule has 0 radical (unpaired) electrons. The third kappa shape index (κ3) is 3.38. The summed E-state index contributed by atoms with van der Waals surface area (Å²) < 4.78 is 32.5. The van der Waals surface area contributed by atoms with Crippen molar-refractivity contribution < 1.29 is 12.8 Å². The van der Waals surface area contributed by atoms with Gasteiger partial charge in [-0.2, -0.15) is 0 Å². The average molecular weight is 360 g/mol. The molecule has 0 saturated heterocycles. The standard InChI is InChI=1S/C12H14BrN3O3S/c1-8-4-3-5-11(15-8)16-20(17,18)10-6-9(7-14-2)19-12(10)13/h3-6,14H,7H2,1-2H3,(H,15,16). The molecule has 2 rings (SSSR count). The number of aryl methyl sites for hydroxylation is 1. The molecule has 0 atom stereocenters. The van der Waals surface area contributed by atoms with Gasteiger partial charge in [0.15, 0.2) is 4.67 Å². The van der Waals surface area contributed by atoms with Crippen LogP contribution in [0, 0.1) is 6.92 Å². The third-order valence-corrected chi connectivity index (χ3v) is 4.69. The molecule has 0 unspecified atom stereocenters. The zero-order valence-corrected chi connectivity index (χ0v) is 13.4. The quantitative estimate of drug-likeness (QED) is 0.855. The minimum Gasteiger partial charge on any atom is -0.451 e. The van der Waals surface area contributed by atoms with E-state index in [9.17, 15) is 8.42 Å². The smallest absolute Gasteiger partial charge is 0.267 e. The number of hydrogen-bond acceptors (Lipinski definition) is 5. The van der Waals surface area contributed by atoms with Gasteiger partial charge in [-0.3, -0.25) is 4.72 Å². The van der Waals surface area contributed by atoms with Gasteiger partial charge in [0.1, 0.15) is 16.5 Å². The first-order valence-electron chi connectivity index (χ1n) is 5.81. The maximum Gasteiger partial charge on any atom is 0.267 e. The fourth-order valence-electron chi connectivity index (χ4n) is 1.63. The number of anilines is 1.